The molecule has 7 nitrogen and oxygen atoms in total. The van der Waals surface area contributed by atoms with Crippen molar-refractivity contribution in [1.29, 1.82) is 0 Å². The van der Waals surface area contributed by atoms with Gasteiger partial charge in [-0.1, -0.05) is 0 Å². The van der Waals surface area contributed by atoms with Gasteiger partial charge in [-0.3, -0.25) is 9.59 Å². The largest absolute Gasteiger partial charge is 0.490 e. The first kappa shape index (κ1) is 20.0. The Morgan fingerprint density at radius 2 is 1.85 bits per heavy atom. The number of rotatable bonds is 9. The van der Waals surface area contributed by atoms with Gasteiger partial charge in [-0.25, -0.2) is 0 Å². The van der Waals surface area contributed by atoms with E-state index >= 15 is 0 Å². The molecule has 0 bridgehead atoms. The minimum absolute atomic E-state index is 0.0129. The highest BCUT2D eigenvalue weighted by molar-refractivity contribution is 5.94. The quantitative estimate of drug-likeness (QED) is 0.649. The van der Waals surface area contributed by atoms with Gasteiger partial charge in [0.1, 0.15) is 0 Å². The lowest BCUT2D eigenvalue weighted by atomic mass is 10.1. The van der Waals surface area contributed by atoms with E-state index in [1.165, 1.54) is 6.42 Å². The first-order valence-corrected chi connectivity index (χ1v) is 9.26. The Labute approximate surface area is 155 Å². The highest BCUT2D eigenvalue weighted by atomic mass is 16.5. The Morgan fingerprint density at radius 1 is 1.08 bits per heavy atom. The van der Waals surface area contributed by atoms with Gasteiger partial charge in [0.15, 0.2) is 18.1 Å². The highest BCUT2D eigenvalue weighted by Crippen LogP contribution is 2.28. The minimum Gasteiger partial charge on any atom is -0.490 e. The lowest BCUT2D eigenvalue weighted by Crippen LogP contribution is -2.38. The van der Waals surface area contributed by atoms with Gasteiger partial charge in [-0.05, 0) is 51.4 Å². The summed E-state index contributed by atoms with van der Waals surface area (Å²) in [4.78, 5) is 26.3. The second kappa shape index (κ2) is 10.7. The van der Waals surface area contributed by atoms with Crippen LogP contribution in [0.15, 0.2) is 18.2 Å². The van der Waals surface area contributed by atoms with Gasteiger partial charge in [0.05, 0.1) is 6.61 Å². The lowest BCUT2D eigenvalue weighted by molar-refractivity contribution is -0.134. The Kier molecular flexibility index (Phi) is 8.21. The minimum atomic E-state index is -0.169. The normalized spacial score (nSPS) is 14.0. The second-order valence-electron chi connectivity index (χ2n) is 6.18. The Hall–Kier alpha value is -2.28. The standard InChI is InChI=1S/C19H29N3O4/c1-3-25-17-13-15(19(24)21-10-9-20-2)7-8-16(17)26-14-18(23)22-11-5-4-6-12-22/h7-8,13,20H,3-6,9-12,14H2,1-2H3,(H,21,24). The Morgan fingerprint density at radius 3 is 2.54 bits per heavy atom. The van der Waals surface area contributed by atoms with E-state index in [0.717, 1.165) is 25.9 Å². The van der Waals surface area contributed by atoms with Gasteiger partial charge >= 0.3 is 0 Å². The number of likely N-dealkylation sites (tertiary alicyclic amines) is 1. The van der Waals surface area contributed by atoms with Crippen molar-refractivity contribution in [3.63, 3.8) is 0 Å². The van der Waals surface area contributed by atoms with Crippen molar-refractivity contribution in [2.45, 2.75) is 26.2 Å². The third-order valence-electron chi connectivity index (χ3n) is 4.23. The fraction of sp³-hybridized carbons (Fsp3) is 0.579. The van der Waals surface area contributed by atoms with Gasteiger partial charge in [-0.2, -0.15) is 0 Å². The number of carbonyl (C=O) groups excluding carboxylic acids is 2. The number of ether oxygens (including phenoxy) is 2. The summed E-state index contributed by atoms with van der Waals surface area (Å²) in [5.41, 5.74) is 0.499. The van der Waals surface area contributed by atoms with Crippen LogP contribution in [0.3, 0.4) is 0 Å². The molecule has 2 N–H and O–H groups in total. The summed E-state index contributed by atoms with van der Waals surface area (Å²) in [6, 6.07) is 5.01. The number of benzene rings is 1. The summed E-state index contributed by atoms with van der Waals surface area (Å²) >= 11 is 0. The molecule has 0 atom stereocenters. The first-order valence-electron chi connectivity index (χ1n) is 9.26. The average molecular weight is 363 g/mol. The maximum atomic E-state index is 12.3. The van der Waals surface area contributed by atoms with Crippen LogP contribution in [0.4, 0.5) is 0 Å². The summed E-state index contributed by atoms with van der Waals surface area (Å²) in [6.45, 7) is 5.13. The van der Waals surface area contributed by atoms with Crippen molar-refractivity contribution in [1.82, 2.24) is 15.5 Å². The SMILES string of the molecule is CCOc1cc(C(=O)NCCNC)ccc1OCC(=O)N1CCCCC1. The molecule has 7 heteroatoms. The predicted octanol–water partition coefficient (Wildman–Crippen LogP) is 1.43. The summed E-state index contributed by atoms with van der Waals surface area (Å²) in [6.07, 6.45) is 3.28. The lowest BCUT2D eigenvalue weighted by Gasteiger charge is -2.26. The maximum Gasteiger partial charge on any atom is 0.260 e. The van der Waals surface area contributed by atoms with Crippen LogP contribution in [-0.4, -0.2) is 63.2 Å². The van der Waals surface area contributed by atoms with Crippen LogP contribution in [-0.2, 0) is 4.79 Å². The first-order chi connectivity index (χ1) is 12.7. The molecule has 0 aliphatic carbocycles. The number of nitrogens with zero attached hydrogens (tertiary/aromatic N) is 1. The fourth-order valence-electron chi connectivity index (χ4n) is 2.81. The van der Waals surface area contributed by atoms with Crippen molar-refractivity contribution in [3.8, 4) is 11.5 Å². The molecule has 1 aromatic carbocycles. The van der Waals surface area contributed by atoms with Crippen molar-refractivity contribution in [2.75, 3.05) is 46.4 Å². The Balaban J connectivity index is 1.98. The second-order valence-corrected chi connectivity index (χ2v) is 6.18. The number of hydrogen-bond acceptors (Lipinski definition) is 5. The third kappa shape index (κ3) is 5.91. The van der Waals surface area contributed by atoms with Crippen molar-refractivity contribution in [2.24, 2.45) is 0 Å². The molecule has 1 saturated heterocycles. The van der Waals surface area contributed by atoms with E-state index in [4.69, 9.17) is 9.47 Å². The van der Waals surface area contributed by atoms with E-state index in [9.17, 15) is 9.59 Å². The van der Waals surface area contributed by atoms with Crippen LogP contribution in [0.1, 0.15) is 36.5 Å². The van der Waals surface area contributed by atoms with E-state index in [0.29, 0.717) is 36.8 Å². The third-order valence-corrected chi connectivity index (χ3v) is 4.23. The molecule has 0 aromatic heterocycles. The van der Waals surface area contributed by atoms with E-state index in [2.05, 4.69) is 10.6 Å². The number of piperidine rings is 1. The van der Waals surface area contributed by atoms with Gasteiger partial charge < -0.3 is 25.0 Å². The molecular formula is C19H29N3O4. The van der Waals surface area contributed by atoms with Gasteiger partial charge in [0.25, 0.3) is 11.8 Å². The van der Waals surface area contributed by atoms with E-state index < -0.39 is 0 Å². The van der Waals surface area contributed by atoms with E-state index in [1.807, 2.05) is 18.9 Å². The molecule has 144 valence electrons. The molecule has 0 unspecified atom stereocenters. The van der Waals surface area contributed by atoms with Crippen molar-refractivity contribution >= 4 is 11.8 Å². The summed E-state index contributed by atoms with van der Waals surface area (Å²) < 4.78 is 11.3. The van der Waals surface area contributed by atoms with Crippen molar-refractivity contribution < 1.29 is 19.1 Å². The summed E-state index contributed by atoms with van der Waals surface area (Å²) in [7, 11) is 1.83. The molecule has 2 rings (SSSR count). The van der Waals surface area contributed by atoms with Crippen LogP contribution in [0.2, 0.25) is 0 Å². The molecule has 1 fully saturated rings. The van der Waals surface area contributed by atoms with Crippen LogP contribution in [0, 0.1) is 0 Å². The van der Waals surface area contributed by atoms with Crippen LogP contribution in [0.5, 0.6) is 11.5 Å². The predicted molar refractivity (Wildman–Crippen MR) is 99.8 cm³/mol. The molecule has 0 saturated carbocycles. The zero-order valence-electron chi connectivity index (χ0n) is 15.7. The fourth-order valence-corrected chi connectivity index (χ4v) is 2.81. The number of hydrogen-bond donors (Lipinski definition) is 2. The molecule has 1 heterocycles. The van der Waals surface area contributed by atoms with E-state index in [-0.39, 0.29) is 18.4 Å². The average Bonchev–Trinajstić information content (AvgIpc) is 2.67. The van der Waals surface area contributed by atoms with E-state index in [1.54, 1.807) is 18.2 Å². The summed E-state index contributed by atoms with van der Waals surface area (Å²) in [5.74, 6) is 0.766. The van der Waals surface area contributed by atoms with Crippen LogP contribution in [0.25, 0.3) is 0 Å². The van der Waals surface area contributed by atoms with Crippen LogP contribution >= 0.6 is 0 Å². The number of nitrogens with one attached hydrogen (secondary N) is 2. The zero-order valence-corrected chi connectivity index (χ0v) is 15.7. The van der Waals surface area contributed by atoms with Gasteiger partial charge in [-0.15, -0.1) is 0 Å². The molecule has 1 aromatic rings. The van der Waals surface area contributed by atoms with Crippen molar-refractivity contribution in [3.05, 3.63) is 23.8 Å². The smallest absolute Gasteiger partial charge is 0.260 e. The van der Waals surface area contributed by atoms with Gasteiger partial charge in [0, 0.05) is 31.7 Å². The monoisotopic (exact) mass is 363 g/mol. The molecule has 1 aliphatic heterocycles. The molecule has 0 spiro atoms. The molecule has 1 aliphatic rings. The summed E-state index contributed by atoms with van der Waals surface area (Å²) in [5, 5.41) is 5.80. The number of amides is 2. The zero-order chi connectivity index (χ0) is 18.8. The van der Waals surface area contributed by atoms with Crippen LogP contribution < -0.4 is 20.1 Å². The topological polar surface area (TPSA) is 79.9 Å². The molecular weight excluding hydrogens is 334 g/mol. The van der Waals surface area contributed by atoms with Gasteiger partial charge in [0.2, 0.25) is 0 Å². The molecule has 0 radical (unpaired) electrons. The Bertz CT molecular complexity index is 600. The molecule has 2 amide bonds. The molecule has 26 heavy (non-hydrogen) atoms. The number of carbonyl (C=O) groups is 2. The number of likely N-dealkylation sites (N-methyl/N-ethyl adjacent to an activating group) is 1. The highest BCUT2D eigenvalue weighted by Gasteiger charge is 2.18. The maximum absolute atomic E-state index is 12.3.